The molecule has 16 heavy (non-hydrogen) atoms. The number of phenols is 1. The van der Waals surface area contributed by atoms with Gasteiger partial charge in [-0.1, -0.05) is 6.07 Å². The number of methoxy groups -OCH3 is 1. The zero-order chi connectivity index (χ0) is 12.1. The lowest BCUT2D eigenvalue weighted by Crippen LogP contribution is -2.35. The number of aromatic hydroxyl groups is 1. The number of rotatable bonds is 4. The lowest BCUT2D eigenvalue weighted by atomic mass is 10.1. The summed E-state index contributed by atoms with van der Waals surface area (Å²) >= 11 is 0. The molecule has 5 heteroatoms. The summed E-state index contributed by atoms with van der Waals surface area (Å²) in [4.78, 5) is 11.7. The van der Waals surface area contributed by atoms with Crippen LogP contribution >= 0.6 is 0 Å². The predicted molar refractivity (Wildman–Crippen MR) is 58.7 cm³/mol. The second-order valence-corrected chi connectivity index (χ2v) is 3.41. The molecule has 0 saturated carbocycles. The molecule has 3 N–H and O–H groups in total. The first-order valence-corrected chi connectivity index (χ1v) is 4.87. The van der Waals surface area contributed by atoms with E-state index in [1.165, 1.54) is 13.2 Å². The molecule has 1 aromatic carbocycles. The Labute approximate surface area is 93.7 Å². The number of amides is 1. The molecule has 0 unspecified atom stereocenters. The van der Waals surface area contributed by atoms with E-state index in [0.29, 0.717) is 0 Å². The van der Waals surface area contributed by atoms with E-state index in [1.54, 1.807) is 19.1 Å². The van der Waals surface area contributed by atoms with Crippen molar-refractivity contribution in [2.24, 2.45) is 0 Å². The van der Waals surface area contributed by atoms with Gasteiger partial charge in [-0.25, -0.2) is 0 Å². The van der Waals surface area contributed by atoms with Gasteiger partial charge in [0.2, 0.25) is 0 Å². The van der Waals surface area contributed by atoms with E-state index < -0.39 is 5.91 Å². The second kappa shape index (κ2) is 5.37. The van der Waals surface area contributed by atoms with Crippen LogP contribution in [0, 0.1) is 0 Å². The molecule has 0 aliphatic heterocycles. The average Bonchev–Trinajstić information content (AvgIpc) is 2.29. The maximum atomic E-state index is 11.7. The van der Waals surface area contributed by atoms with Crippen LogP contribution < -0.4 is 10.1 Å². The average molecular weight is 225 g/mol. The van der Waals surface area contributed by atoms with Crippen LogP contribution in [-0.4, -0.2) is 35.9 Å². The van der Waals surface area contributed by atoms with E-state index in [2.05, 4.69) is 5.32 Å². The smallest absolute Gasteiger partial charge is 0.255 e. The Kier molecular flexibility index (Phi) is 4.13. The molecule has 5 nitrogen and oxygen atoms in total. The summed E-state index contributed by atoms with van der Waals surface area (Å²) in [5, 5.41) is 21.0. The quantitative estimate of drug-likeness (QED) is 0.697. The molecule has 0 aromatic heterocycles. The monoisotopic (exact) mass is 225 g/mol. The van der Waals surface area contributed by atoms with E-state index in [9.17, 15) is 9.90 Å². The highest BCUT2D eigenvalue weighted by atomic mass is 16.5. The molecule has 1 atom stereocenters. The SMILES string of the molecule is COc1cccc(C(=O)N[C@@H](C)CO)c1O. The van der Waals surface area contributed by atoms with E-state index in [-0.39, 0.29) is 29.7 Å². The third-order valence-corrected chi connectivity index (χ3v) is 2.11. The molecule has 0 saturated heterocycles. The molecule has 0 bridgehead atoms. The van der Waals surface area contributed by atoms with E-state index >= 15 is 0 Å². The van der Waals surface area contributed by atoms with Crippen molar-refractivity contribution < 1.29 is 19.7 Å². The maximum absolute atomic E-state index is 11.7. The Balaban J connectivity index is 2.91. The Morgan fingerprint density at radius 3 is 2.81 bits per heavy atom. The molecule has 0 radical (unpaired) electrons. The van der Waals surface area contributed by atoms with Crippen molar-refractivity contribution in [1.82, 2.24) is 5.32 Å². The van der Waals surface area contributed by atoms with E-state index in [1.807, 2.05) is 0 Å². The number of phenolic OH excluding ortho intramolecular Hbond substituents is 1. The fraction of sp³-hybridized carbons (Fsp3) is 0.364. The van der Waals surface area contributed by atoms with Crippen molar-refractivity contribution in [3.05, 3.63) is 23.8 Å². The first-order valence-electron chi connectivity index (χ1n) is 4.87. The van der Waals surface area contributed by atoms with Gasteiger partial charge in [-0.3, -0.25) is 4.79 Å². The van der Waals surface area contributed by atoms with Gasteiger partial charge < -0.3 is 20.3 Å². The van der Waals surface area contributed by atoms with Crippen molar-refractivity contribution in [3.63, 3.8) is 0 Å². The highest BCUT2D eigenvalue weighted by Gasteiger charge is 2.15. The number of para-hydroxylation sites is 1. The molecule has 0 heterocycles. The Hall–Kier alpha value is -1.75. The van der Waals surface area contributed by atoms with Crippen LogP contribution in [0.15, 0.2) is 18.2 Å². The first kappa shape index (κ1) is 12.3. The summed E-state index contributed by atoms with van der Waals surface area (Å²) in [5.41, 5.74) is 0.125. The minimum absolute atomic E-state index is 0.125. The molecular formula is C11H15NO4. The van der Waals surface area contributed by atoms with Crippen LogP contribution in [0.1, 0.15) is 17.3 Å². The number of hydrogen-bond acceptors (Lipinski definition) is 4. The fourth-order valence-corrected chi connectivity index (χ4v) is 1.22. The largest absolute Gasteiger partial charge is 0.504 e. The van der Waals surface area contributed by atoms with Crippen LogP contribution in [0.25, 0.3) is 0 Å². The first-order chi connectivity index (χ1) is 7.60. The third-order valence-electron chi connectivity index (χ3n) is 2.11. The number of benzene rings is 1. The van der Waals surface area contributed by atoms with Crippen molar-refractivity contribution in [2.75, 3.05) is 13.7 Å². The lowest BCUT2D eigenvalue weighted by Gasteiger charge is -2.12. The Morgan fingerprint density at radius 2 is 2.25 bits per heavy atom. The minimum Gasteiger partial charge on any atom is -0.504 e. The molecule has 0 aliphatic carbocycles. The van der Waals surface area contributed by atoms with Gasteiger partial charge in [0, 0.05) is 6.04 Å². The summed E-state index contributed by atoms with van der Waals surface area (Å²) in [6.07, 6.45) is 0. The maximum Gasteiger partial charge on any atom is 0.255 e. The lowest BCUT2D eigenvalue weighted by molar-refractivity contribution is 0.0919. The number of carbonyl (C=O) groups is 1. The van der Waals surface area contributed by atoms with Crippen LogP contribution in [0.2, 0.25) is 0 Å². The molecule has 0 spiro atoms. The third kappa shape index (κ3) is 2.64. The highest BCUT2D eigenvalue weighted by Crippen LogP contribution is 2.29. The second-order valence-electron chi connectivity index (χ2n) is 3.41. The molecule has 0 fully saturated rings. The molecule has 1 amide bonds. The molecule has 88 valence electrons. The summed E-state index contributed by atoms with van der Waals surface area (Å²) in [5.74, 6) is -0.408. The van der Waals surface area contributed by atoms with Gasteiger partial charge in [0.1, 0.15) is 0 Å². The van der Waals surface area contributed by atoms with Crippen LogP contribution in [0.4, 0.5) is 0 Å². The van der Waals surface area contributed by atoms with Gasteiger partial charge >= 0.3 is 0 Å². The molecular weight excluding hydrogens is 210 g/mol. The van der Waals surface area contributed by atoms with Gasteiger partial charge in [-0.05, 0) is 19.1 Å². The Morgan fingerprint density at radius 1 is 1.56 bits per heavy atom. The zero-order valence-electron chi connectivity index (χ0n) is 9.23. The van der Waals surface area contributed by atoms with Crippen LogP contribution in [-0.2, 0) is 0 Å². The van der Waals surface area contributed by atoms with Gasteiger partial charge in [0.25, 0.3) is 5.91 Å². The predicted octanol–water partition coefficient (Wildman–Crippen LogP) is 0.511. The van der Waals surface area contributed by atoms with Gasteiger partial charge in [-0.15, -0.1) is 0 Å². The number of hydrogen-bond donors (Lipinski definition) is 3. The van der Waals surface area contributed by atoms with E-state index in [4.69, 9.17) is 9.84 Å². The minimum atomic E-state index is -0.446. The number of nitrogens with one attached hydrogen (secondary N) is 1. The molecule has 0 aliphatic rings. The van der Waals surface area contributed by atoms with E-state index in [0.717, 1.165) is 0 Å². The normalized spacial score (nSPS) is 11.9. The summed E-state index contributed by atoms with van der Waals surface area (Å²) < 4.78 is 4.89. The number of carbonyl (C=O) groups excluding carboxylic acids is 1. The van der Waals surface area contributed by atoms with Crippen molar-refractivity contribution >= 4 is 5.91 Å². The van der Waals surface area contributed by atoms with Crippen molar-refractivity contribution in [2.45, 2.75) is 13.0 Å². The fourth-order valence-electron chi connectivity index (χ4n) is 1.22. The van der Waals surface area contributed by atoms with Crippen LogP contribution in [0.5, 0.6) is 11.5 Å². The number of aliphatic hydroxyl groups excluding tert-OH is 1. The van der Waals surface area contributed by atoms with Gasteiger partial charge in [-0.2, -0.15) is 0 Å². The summed E-state index contributed by atoms with van der Waals surface area (Å²) in [6.45, 7) is 1.51. The number of aliphatic hydroxyl groups is 1. The van der Waals surface area contributed by atoms with Gasteiger partial charge in [0.05, 0.1) is 19.3 Å². The standard InChI is InChI=1S/C11H15NO4/c1-7(6-13)12-11(15)8-4-3-5-9(16-2)10(8)14/h3-5,7,13-14H,6H2,1-2H3,(H,12,15)/t7-/m0/s1. The van der Waals surface area contributed by atoms with Crippen LogP contribution in [0.3, 0.4) is 0 Å². The van der Waals surface area contributed by atoms with Crippen molar-refractivity contribution in [1.29, 1.82) is 0 Å². The molecule has 1 aromatic rings. The summed E-state index contributed by atoms with van der Waals surface area (Å²) in [6, 6.07) is 4.29. The topological polar surface area (TPSA) is 78.8 Å². The number of ether oxygens (including phenoxy) is 1. The van der Waals surface area contributed by atoms with Gasteiger partial charge in [0.15, 0.2) is 11.5 Å². The summed E-state index contributed by atoms with van der Waals surface area (Å²) in [7, 11) is 1.41. The molecule has 1 rings (SSSR count). The zero-order valence-corrected chi connectivity index (χ0v) is 9.23. The van der Waals surface area contributed by atoms with Crippen molar-refractivity contribution in [3.8, 4) is 11.5 Å². The Bertz CT molecular complexity index is 378. The highest BCUT2D eigenvalue weighted by molar-refractivity contribution is 5.97.